The van der Waals surface area contributed by atoms with Crippen molar-refractivity contribution in [2.45, 2.75) is 11.8 Å². The Kier molecular flexibility index (Phi) is 5.32. The van der Waals surface area contributed by atoms with Gasteiger partial charge in [0, 0.05) is 11.9 Å². The molecule has 0 bridgehead atoms. The molecule has 0 aliphatic carbocycles. The molecule has 0 radical (unpaired) electrons. The molecule has 3 aromatic rings. The fourth-order valence-corrected chi connectivity index (χ4v) is 3.91. The summed E-state index contributed by atoms with van der Waals surface area (Å²) in [6, 6.07) is 17.1. The highest BCUT2D eigenvalue weighted by Crippen LogP contribution is 2.27. The van der Waals surface area contributed by atoms with E-state index in [9.17, 15) is 13.2 Å². The number of nitrogens with one attached hydrogen (secondary N) is 2. The third-order valence-electron chi connectivity index (χ3n) is 4.10. The molecule has 2 N–H and O–H groups in total. The molecule has 0 spiro atoms. The van der Waals surface area contributed by atoms with Gasteiger partial charge in [-0.2, -0.15) is 0 Å². The van der Waals surface area contributed by atoms with E-state index >= 15 is 0 Å². The second-order valence-electron chi connectivity index (χ2n) is 5.85. The number of ether oxygens (including phenoxy) is 1. The second-order valence-corrected chi connectivity index (χ2v) is 7.54. The summed E-state index contributed by atoms with van der Waals surface area (Å²) in [4.78, 5) is 12.2. The summed E-state index contributed by atoms with van der Waals surface area (Å²) < 4.78 is 33.6. The lowest BCUT2D eigenvalue weighted by molar-refractivity contribution is 0.0952. The van der Waals surface area contributed by atoms with Crippen LogP contribution < -0.4 is 14.8 Å². The van der Waals surface area contributed by atoms with Crippen LogP contribution in [-0.2, 0) is 10.0 Å². The molecule has 3 rings (SSSR count). The van der Waals surface area contributed by atoms with Crippen LogP contribution in [-0.4, -0.2) is 28.0 Å². The van der Waals surface area contributed by atoms with Crippen LogP contribution in [0.4, 0.5) is 5.69 Å². The summed E-state index contributed by atoms with van der Waals surface area (Å²) >= 11 is 0. The molecule has 3 aromatic carbocycles. The molecule has 0 aromatic heterocycles. The van der Waals surface area contributed by atoms with Crippen LogP contribution in [0, 0.1) is 0 Å². The van der Waals surface area contributed by atoms with E-state index in [0.29, 0.717) is 18.0 Å². The molecule has 140 valence electrons. The van der Waals surface area contributed by atoms with Crippen molar-refractivity contribution in [3.8, 4) is 5.75 Å². The molecule has 0 aliphatic heterocycles. The van der Waals surface area contributed by atoms with E-state index in [0.717, 1.165) is 10.8 Å². The Hall–Kier alpha value is -3.06. The number of benzene rings is 3. The van der Waals surface area contributed by atoms with Crippen LogP contribution in [0.25, 0.3) is 10.8 Å². The van der Waals surface area contributed by atoms with Crippen LogP contribution in [0.1, 0.15) is 17.3 Å². The Morgan fingerprint density at radius 1 is 1.04 bits per heavy atom. The summed E-state index contributed by atoms with van der Waals surface area (Å²) in [6.07, 6.45) is 0. The zero-order chi connectivity index (χ0) is 19.4. The van der Waals surface area contributed by atoms with Gasteiger partial charge in [0.2, 0.25) is 0 Å². The molecule has 0 unspecified atom stereocenters. The van der Waals surface area contributed by atoms with Crippen molar-refractivity contribution in [1.29, 1.82) is 0 Å². The SMILES string of the molecule is CCNC(=O)c1cc(S(=O)(=O)Nc2cccc3ccccc23)ccc1OC. The van der Waals surface area contributed by atoms with Gasteiger partial charge in [-0.25, -0.2) is 8.42 Å². The Balaban J connectivity index is 2.02. The number of sulfonamides is 1. The third-order valence-corrected chi connectivity index (χ3v) is 5.46. The average molecular weight is 384 g/mol. The predicted molar refractivity (Wildman–Crippen MR) is 106 cm³/mol. The lowest BCUT2D eigenvalue weighted by Crippen LogP contribution is -2.24. The van der Waals surface area contributed by atoms with Gasteiger partial charge in [0.15, 0.2) is 0 Å². The number of carbonyl (C=O) groups excluding carboxylic acids is 1. The van der Waals surface area contributed by atoms with Crippen LogP contribution in [0.15, 0.2) is 65.6 Å². The molecular formula is C20H20N2O4S. The molecule has 1 amide bonds. The minimum atomic E-state index is -3.89. The van der Waals surface area contributed by atoms with Gasteiger partial charge in [-0.15, -0.1) is 0 Å². The van der Waals surface area contributed by atoms with Crippen LogP contribution >= 0.6 is 0 Å². The van der Waals surface area contributed by atoms with Gasteiger partial charge in [-0.1, -0.05) is 36.4 Å². The highest BCUT2D eigenvalue weighted by atomic mass is 32.2. The van der Waals surface area contributed by atoms with Gasteiger partial charge < -0.3 is 10.1 Å². The third kappa shape index (κ3) is 3.88. The lowest BCUT2D eigenvalue weighted by Gasteiger charge is -2.13. The molecular weight excluding hydrogens is 364 g/mol. The number of fused-ring (bicyclic) bond motifs is 1. The van der Waals surface area contributed by atoms with Crippen molar-refractivity contribution in [3.63, 3.8) is 0 Å². The first-order valence-corrected chi connectivity index (χ1v) is 9.91. The summed E-state index contributed by atoms with van der Waals surface area (Å²) in [7, 11) is -2.46. The number of hydrogen-bond donors (Lipinski definition) is 2. The van der Waals surface area contributed by atoms with E-state index in [1.54, 1.807) is 19.1 Å². The predicted octanol–water partition coefficient (Wildman–Crippen LogP) is 3.40. The smallest absolute Gasteiger partial charge is 0.261 e. The highest BCUT2D eigenvalue weighted by molar-refractivity contribution is 7.92. The number of methoxy groups -OCH3 is 1. The number of amides is 1. The zero-order valence-electron chi connectivity index (χ0n) is 15.0. The number of rotatable bonds is 6. The summed E-state index contributed by atoms with van der Waals surface area (Å²) in [5.74, 6) is -0.0818. The Labute approximate surface area is 158 Å². The Morgan fingerprint density at radius 3 is 2.52 bits per heavy atom. The number of hydrogen-bond acceptors (Lipinski definition) is 4. The second kappa shape index (κ2) is 7.67. The highest BCUT2D eigenvalue weighted by Gasteiger charge is 2.20. The molecule has 0 saturated heterocycles. The fourth-order valence-electron chi connectivity index (χ4n) is 2.81. The molecule has 0 heterocycles. The van der Waals surface area contributed by atoms with Crippen molar-refractivity contribution in [2.75, 3.05) is 18.4 Å². The molecule has 7 heteroatoms. The van der Waals surface area contributed by atoms with E-state index < -0.39 is 15.9 Å². The van der Waals surface area contributed by atoms with E-state index in [1.807, 2.05) is 30.3 Å². The monoisotopic (exact) mass is 384 g/mol. The maximum absolute atomic E-state index is 12.9. The Morgan fingerprint density at radius 2 is 1.78 bits per heavy atom. The lowest BCUT2D eigenvalue weighted by atomic mass is 10.1. The maximum atomic E-state index is 12.9. The van der Waals surface area contributed by atoms with Crippen molar-refractivity contribution in [2.24, 2.45) is 0 Å². The average Bonchev–Trinajstić information content (AvgIpc) is 2.67. The molecule has 0 atom stereocenters. The van der Waals surface area contributed by atoms with Gasteiger partial charge in [0.05, 0.1) is 23.3 Å². The summed E-state index contributed by atoms with van der Waals surface area (Å²) in [5, 5.41) is 4.37. The maximum Gasteiger partial charge on any atom is 0.261 e. The van der Waals surface area contributed by atoms with E-state index in [2.05, 4.69) is 10.0 Å². The fraction of sp³-hybridized carbons (Fsp3) is 0.150. The van der Waals surface area contributed by atoms with Crippen molar-refractivity contribution in [1.82, 2.24) is 5.32 Å². The minimum Gasteiger partial charge on any atom is -0.496 e. The normalized spacial score (nSPS) is 11.2. The van der Waals surface area contributed by atoms with Crippen LogP contribution in [0.3, 0.4) is 0 Å². The van der Waals surface area contributed by atoms with Gasteiger partial charge in [0.25, 0.3) is 15.9 Å². The van der Waals surface area contributed by atoms with Gasteiger partial charge >= 0.3 is 0 Å². The molecule has 0 aliphatic rings. The molecule has 27 heavy (non-hydrogen) atoms. The minimum absolute atomic E-state index is 0.0162. The molecule has 0 saturated carbocycles. The van der Waals surface area contributed by atoms with Crippen molar-refractivity contribution in [3.05, 3.63) is 66.2 Å². The van der Waals surface area contributed by atoms with Gasteiger partial charge in [0.1, 0.15) is 5.75 Å². The van der Waals surface area contributed by atoms with E-state index in [-0.39, 0.29) is 10.5 Å². The quantitative estimate of drug-likeness (QED) is 0.682. The first-order valence-electron chi connectivity index (χ1n) is 8.43. The standard InChI is InChI=1S/C20H20N2O4S/c1-3-21-20(23)17-13-15(11-12-19(17)26-2)27(24,25)22-18-10-6-8-14-7-4-5-9-16(14)18/h4-13,22H,3H2,1-2H3,(H,21,23). The van der Waals surface area contributed by atoms with E-state index in [4.69, 9.17) is 4.74 Å². The number of carbonyl (C=O) groups is 1. The zero-order valence-corrected chi connectivity index (χ0v) is 15.8. The number of anilines is 1. The first kappa shape index (κ1) is 18.7. The molecule has 6 nitrogen and oxygen atoms in total. The van der Waals surface area contributed by atoms with Crippen LogP contribution in [0.2, 0.25) is 0 Å². The van der Waals surface area contributed by atoms with E-state index in [1.165, 1.54) is 25.3 Å². The topological polar surface area (TPSA) is 84.5 Å². The van der Waals surface area contributed by atoms with Gasteiger partial charge in [-0.3, -0.25) is 9.52 Å². The Bertz CT molecular complexity index is 1090. The summed E-state index contributed by atoms with van der Waals surface area (Å²) in [5.41, 5.74) is 0.642. The molecule has 0 fully saturated rings. The first-order chi connectivity index (χ1) is 13.0. The largest absolute Gasteiger partial charge is 0.496 e. The van der Waals surface area contributed by atoms with Crippen LogP contribution in [0.5, 0.6) is 5.75 Å². The summed E-state index contributed by atoms with van der Waals surface area (Å²) in [6.45, 7) is 2.21. The van der Waals surface area contributed by atoms with Crippen molar-refractivity contribution >= 4 is 32.4 Å². The van der Waals surface area contributed by atoms with Crippen molar-refractivity contribution < 1.29 is 17.9 Å². The van der Waals surface area contributed by atoms with Gasteiger partial charge in [-0.05, 0) is 36.6 Å².